The van der Waals surface area contributed by atoms with Crippen LogP contribution in [0.2, 0.25) is 0 Å². The van der Waals surface area contributed by atoms with E-state index in [1.165, 1.54) is 0 Å². The highest BCUT2D eigenvalue weighted by atomic mass is 16.1. The smallest absolute Gasteiger partial charge is 0.244 e. The molecule has 17 heavy (non-hydrogen) atoms. The zero-order valence-electron chi connectivity index (χ0n) is 11.2. The van der Waals surface area contributed by atoms with Crippen LogP contribution in [0.3, 0.4) is 0 Å². The minimum Gasteiger partial charge on any atom is -0.352 e. The van der Waals surface area contributed by atoms with Crippen molar-refractivity contribution in [2.75, 3.05) is 6.54 Å². The van der Waals surface area contributed by atoms with Gasteiger partial charge < -0.3 is 5.32 Å². The van der Waals surface area contributed by atoms with Gasteiger partial charge in [0, 0.05) is 30.9 Å². The summed E-state index contributed by atoms with van der Waals surface area (Å²) in [4.78, 5) is 11.5. The third-order valence-corrected chi connectivity index (χ3v) is 2.65. The van der Waals surface area contributed by atoms with Crippen molar-refractivity contribution < 1.29 is 4.79 Å². The summed E-state index contributed by atoms with van der Waals surface area (Å²) in [7, 11) is 1.90. The lowest BCUT2D eigenvalue weighted by atomic mass is 10.2. The number of amides is 1. The molecule has 1 heterocycles. The lowest BCUT2D eigenvalue weighted by Crippen LogP contribution is -2.25. The number of carbonyl (C=O) groups is 1. The van der Waals surface area contributed by atoms with Crippen molar-refractivity contribution in [2.24, 2.45) is 13.0 Å². The molecule has 0 bridgehead atoms. The van der Waals surface area contributed by atoms with Crippen molar-refractivity contribution in [3.05, 3.63) is 23.0 Å². The number of rotatable bonds is 4. The van der Waals surface area contributed by atoms with Crippen molar-refractivity contribution in [2.45, 2.75) is 27.7 Å². The van der Waals surface area contributed by atoms with Gasteiger partial charge in [0.1, 0.15) is 0 Å². The number of hydrogen-bond donors (Lipinski definition) is 1. The van der Waals surface area contributed by atoms with Gasteiger partial charge in [-0.3, -0.25) is 9.48 Å². The highest BCUT2D eigenvalue weighted by Gasteiger charge is 2.06. The van der Waals surface area contributed by atoms with E-state index in [0.29, 0.717) is 12.5 Å². The molecule has 0 aromatic carbocycles. The lowest BCUT2D eigenvalue weighted by molar-refractivity contribution is -0.116. The van der Waals surface area contributed by atoms with Gasteiger partial charge in [0.05, 0.1) is 5.69 Å². The monoisotopic (exact) mass is 235 g/mol. The second-order valence-corrected chi connectivity index (χ2v) is 4.68. The summed E-state index contributed by atoms with van der Waals surface area (Å²) in [6.45, 7) is 8.78. The van der Waals surface area contributed by atoms with Gasteiger partial charge in [0.25, 0.3) is 0 Å². The summed E-state index contributed by atoms with van der Waals surface area (Å²) in [6.07, 6.45) is 3.40. The van der Waals surface area contributed by atoms with Gasteiger partial charge in [-0.15, -0.1) is 0 Å². The number of hydrogen-bond acceptors (Lipinski definition) is 2. The summed E-state index contributed by atoms with van der Waals surface area (Å²) in [5.41, 5.74) is 3.03. The van der Waals surface area contributed by atoms with Crippen molar-refractivity contribution in [3.63, 3.8) is 0 Å². The first-order valence-electron chi connectivity index (χ1n) is 5.88. The van der Waals surface area contributed by atoms with E-state index < -0.39 is 0 Å². The Morgan fingerprint density at radius 3 is 2.59 bits per heavy atom. The van der Waals surface area contributed by atoms with Crippen LogP contribution < -0.4 is 5.32 Å². The molecule has 1 N–H and O–H groups in total. The van der Waals surface area contributed by atoms with E-state index in [1.807, 2.05) is 31.7 Å². The molecule has 1 rings (SSSR count). The molecule has 0 radical (unpaired) electrons. The quantitative estimate of drug-likeness (QED) is 0.809. The summed E-state index contributed by atoms with van der Waals surface area (Å²) >= 11 is 0. The van der Waals surface area contributed by atoms with Gasteiger partial charge in [-0.1, -0.05) is 13.8 Å². The van der Waals surface area contributed by atoms with Crippen LogP contribution >= 0.6 is 0 Å². The fourth-order valence-corrected chi connectivity index (χ4v) is 1.55. The lowest BCUT2D eigenvalue weighted by Gasteiger charge is -2.04. The summed E-state index contributed by atoms with van der Waals surface area (Å²) in [5.74, 6) is 0.413. The Hall–Kier alpha value is -1.58. The Morgan fingerprint density at radius 2 is 2.12 bits per heavy atom. The Kier molecular flexibility index (Phi) is 4.49. The third-order valence-electron chi connectivity index (χ3n) is 2.65. The SMILES string of the molecule is Cc1nn(C)c(C)c1/C=C/C(=O)NCC(C)C. The Bertz CT molecular complexity index is 430. The maximum Gasteiger partial charge on any atom is 0.244 e. The fraction of sp³-hybridized carbons (Fsp3) is 0.538. The van der Waals surface area contributed by atoms with Gasteiger partial charge >= 0.3 is 0 Å². The zero-order valence-corrected chi connectivity index (χ0v) is 11.2. The fourth-order valence-electron chi connectivity index (χ4n) is 1.55. The Balaban J connectivity index is 2.67. The molecule has 0 unspecified atom stereocenters. The van der Waals surface area contributed by atoms with Crippen molar-refractivity contribution >= 4 is 12.0 Å². The molecule has 0 fully saturated rings. The van der Waals surface area contributed by atoms with Crippen molar-refractivity contribution in [1.82, 2.24) is 15.1 Å². The molecular formula is C13H21N3O. The molecule has 1 amide bonds. The van der Waals surface area contributed by atoms with Crippen LogP contribution in [0.5, 0.6) is 0 Å². The topological polar surface area (TPSA) is 46.9 Å². The predicted molar refractivity (Wildman–Crippen MR) is 69.6 cm³/mol. The summed E-state index contributed by atoms with van der Waals surface area (Å²) in [6, 6.07) is 0. The van der Waals surface area contributed by atoms with Crippen LogP contribution in [-0.2, 0) is 11.8 Å². The van der Waals surface area contributed by atoms with E-state index in [2.05, 4.69) is 24.3 Å². The molecule has 0 saturated carbocycles. The maximum absolute atomic E-state index is 11.5. The van der Waals surface area contributed by atoms with Gasteiger partial charge in [0.15, 0.2) is 0 Å². The minimum absolute atomic E-state index is 0.0543. The van der Waals surface area contributed by atoms with E-state index >= 15 is 0 Å². The van der Waals surface area contributed by atoms with Gasteiger partial charge in [0.2, 0.25) is 5.91 Å². The van der Waals surface area contributed by atoms with E-state index in [1.54, 1.807) is 6.08 Å². The first-order chi connectivity index (χ1) is 7.91. The van der Waals surface area contributed by atoms with Crippen LogP contribution in [0.25, 0.3) is 6.08 Å². The van der Waals surface area contributed by atoms with E-state index in [-0.39, 0.29) is 5.91 Å². The van der Waals surface area contributed by atoms with E-state index in [0.717, 1.165) is 17.0 Å². The third kappa shape index (κ3) is 3.73. The Labute approximate surface area is 103 Å². The molecule has 0 saturated heterocycles. The number of nitrogens with zero attached hydrogens (tertiary/aromatic N) is 2. The number of nitrogens with one attached hydrogen (secondary N) is 1. The van der Waals surface area contributed by atoms with E-state index in [4.69, 9.17) is 0 Å². The number of aromatic nitrogens is 2. The molecule has 1 aromatic heterocycles. The molecular weight excluding hydrogens is 214 g/mol. The average Bonchev–Trinajstić information content (AvgIpc) is 2.48. The largest absolute Gasteiger partial charge is 0.352 e. The van der Waals surface area contributed by atoms with Crippen LogP contribution in [0.4, 0.5) is 0 Å². The molecule has 0 aliphatic heterocycles. The minimum atomic E-state index is -0.0543. The highest BCUT2D eigenvalue weighted by Crippen LogP contribution is 2.13. The zero-order chi connectivity index (χ0) is 13.0. The normalized spacial score (nSPS) is 11.4. The predicted octanol–water partition coefficient (Wildman–Crippen LogP) is 1.82. The first-order valence-corrected chi connectivity index (χ1v) is 5.88. The van der Waals surface area contributed by atoms with Crippen LogP contribution in [0.15, 0.2) is 6.08 Å². The molecule has 1 aromatic rings. The van der Waals surface area contributed by atoms with Gasteiger partial charge in [-0.05, 0) is 25.8 Å². The second-order valence-electron chi connectivity index (χ2n) is 4.68. The second kappa shape index (κ2) is 5.66. The van der Waals surface area contributed by atoms with E-state index in [9.17, 15) is 4.79 Å². The summed E-state index contributed by atoms with van der Waals surface area (Å²) in [5, 5.41) is 7.14. The first kappa shape index (κ1) is 13.5. The highest BCUT2D eigenvalue weighted by molar-refractivity contribution is 5.91. The number of carbonyl (C=O) groups excluding carboxylic acids is 1. The van der Waals surface area contributed by atoms with Gasteiger partial charge in [-0.2, -0.15) is 5.10 Å². The summed E-state index contributed by atoms with van der Waals surface area (Å²) < 4.78 is 1.82. The molecule has 94 valence electrons. The van der Waals surface area contributed by atoms with Crippen molar-refractivity contribution in [1.29, 1.82) is 0 Å². The molecule has 0 aliphatic rings. The maximum atomic E-state index is 11.5. The molecule has 0 aliphatic carbocycles. The van der Waals surface area contributed by atoms with Crippen molar-refractivity contribution in [3.8, 4) is 0 Å². The standard InChI is InChI=1S/C13H21N3O/c1-9(2)8-14-13(17)7-6-12-10(3)15-16(5)11(12)4/h6-7,9H,8H2,1-5H3,(H,14,17)/b7-6+. The van der Waals surface area contributed by atoms with Crippen LogP contribution in [0, 0.1) is 19.8 Å². The molecule has 4 nitrogen and oxygen atoms in total. The molecule has 0 atom stereocenters. The van der Waals surface area contributed by atoms with Gasteiger partial charge in [-0.25, -0.2) is 0 Å². The average molecular weight is 235 g/mol. The Morgan fingerprint density at radius 1 is 1.47 bits per heavy atom. The van der Waals surface area contributed by atoms with Crippen LogP contribution in [-0.4, -0.2) is 22.2 Å². The number of aryl methyl sites for hydroxylation is 2. The van der Waals surface area contributed by atoms with Crippen LogP contribution in [0.1, 0.15) is 30.8 Å². The molecule has 4 heteroatoms. The molecule has 0 spiro atoms.